The third-order valence-electron chi connectivity index (χ3n) is 2.36. The third-order valence-corrected chi connectivity index (χ3v) is 2.36. The summed E-state index contributed by atoms with van der Waals surface area (Å²) < 4.78 is 0. The van der Waals surface area contributed by atoms with Crippen molar-refractivity contribution < 1.29 is 5.11 Å². The Morgan fingerprint density at radius 1 is 1.00 bits per heavy atom. The van der Waals surface area contributed by atoms with Gasteiger partial charge in [-0.1, -0.05) is 39.5 Å². The van der Waals surface area contributed by atoms with Gasteiger partial charge in [0.2, 0.25) is 0 Å². The maximum Gasteiger partial charge on any atom is 0.0933 e. The van der Waals surface area contributed by atoms with E-state index in [1.54, 1.807) is 0 Å². The van der Waals surface area contributed by atoms with Gasteiger partial charge in [-0.25, -0.2) is 0 Å². The number of hydrogen-bond acceptors (Lipinski definition) is 2. The zero-order chi connectivity index (χ0) is 10.1. The fourth-order valence-electron chi connectivity index (χ4n) is 1.44. The number of hydrogen-bond donors (Lipinski definition) is 2. The van der Waals surface area contributed by atoms with E-state index in [2.05, 4.69) is 26.1 Å². The average molecular weight is 187 g/mol. The summed E-state index contributed by atoms with van der Waals surface area (Å²) in [6.45, 7) is 6.78. The fraction of sp³-hybridized carbons (Fsp3) is 1.00. The first-order valence-corrected chi connectivity index (χ1v) is 5.51. The number of unbranched alkanes of at least 4 members (excludes halogenated alkanes) is 2. The molecular formula is C11H25NO. The molecule has 2 heteroatoms. The van der Waals surface area contributed by atoms with Crippen molar-refractivity contribution in [2.24, 2.45) is 5.92 Å². The molecule has 0 aliphatic rings. The van der Waals surface area contributed by atoms with Crippen LogP contribution in [0, 0.1) is 5.92 Å². The Balaban J connectivity index is 3.06. The van der Waals surface area contributed by atoms with E-state index in [0.29, 0.717) is 6.04 Å². The van der Waals surface area contributed by atoms with Gasteiger partial charge in [0.25, 0.3) is 0 Å². The first kappa shape index (κ1) is 12.9. The van der Waals surface area contributed by atoms with Crippen LogP contribution in [0.3, 0.4) is 0 Å². The largest absolute Gasteiger partial charge is 0.381 e. The maximum absolute atomic E-state index is 8.60. The highest BCUT2D eigenvalue weighted by molar-refractivity contribution is 4.58. The highest BCUT2D eigenvalue weighted by atomic mass is 16.3. The van der Waals surface area contributed by atoms with Crippen LogP contribution in [0.15, 0.2) is 0 Å². The summed E-state index contributed by atoms with van der Waals surface area (Å²) in [7, 11) is 0. The lowest BCUT2D eigenvalue weighted by atomic mass is 10.0. The minimum atomic E-state index is 0.104. The van der Waals surface area contributed by atoms with Gasteiger partial charge in [0.05, 0.1) is 6.73 Å². The van der Waals surface area contributed by atoms with Gasteiger partial charge < -0.3 is 5.11 Å². The Kier molecular flexibility index (Phi) is 8.46. The third kappa shape index (κ3) is 9.84. The van der Waals surface area contributed by atoms with Crippen molar-refractivity contribution in [1.29, 1.82) is 0 Å². The SMILES string of the molecule is CC(C)CCCCC[C@H](C)NCO. The Morgan fingerprint density at radius 2 is 1.62 bits per heavy atom. The number of nitrogens with one attached hydrogen (secondary N) is 1. The van der Waals surface area contributed by atoms with Gasteiger partial charge in [-0.05, 0) is 19.3 Å². The standard InChI is InChI=1S/C11H25NO/c1-10(2)7-5-4-6-8-11(3)12-9-13/h10-13H,4-9H2,1-3H3/t11-/m0/s1. The molecule has 0 rings (SSSR count). The molecule has 0 amide bonds. The Morgan fingerprint density at radius 3 is 2.15 bits per heavy atom. The van der Waals surface area contributed by atoms with E-state index in [1.165, 1.54) is 32.1 Å². The smallest absolute Gasteiger partial charge is 0.0933 e. The molecule has 0 unspecified atom stereocenters. The van der Waals surface area contributed by atoms with Crippen LogP contribution >= 0.6 is 0 Å². The molecule has 0 aliphatic heterocycles. The molecule has 0 fully saturated rings. The van der Waals surface area contributed by atoms with Crippen molar-refractivity contribution in [3.63, 3.8) is 0 Å². The minimum absolute atomic E-state index is 0.104. The quantitative estimate of drug-likeness (QED) is 0.452. The van der Waals surface area contributed by atoms with E-state index in [-0.39, 0.29) is 6.73 Å². The Labute approximate surface area is 82.7 Å². The van der Waals surface area contributed by atoms with E-state index in [0.717, 1.165) is 5.92 Å². The summed E-state index contributed by atoms with van der Waals surface area (Å²) in [4.78, 5) is 0. The molecule has 13 heavy (non-hydrogen) atoms. The number of rotatable bonds is 8. The van der Waals surface area contributed by atoms with Crippen LogP contribution in [0.1, 0.15) is 52.9 Å². The van der Waals surface area contributed by atoms with E-state index in [9.17, 15) is 0 Å². The molecule has 2 N–H and O–H groups in total. The van der Waals surface area contributed by atoms with Crippen LogP contribution in [0.25, 0.3) is 0 Å². The first-order valence-electron chi connectivity index (χ1n) is 5.51. The summed E-state index contributed by atoms with van der Waals surface area (Å²) >= 11 is 0. The Bertz CT molecular complexity index is 104. The Hall–Kier alpha value is -0.0800. The molecule has 0 saturated heterocycles. The molecule has 0 spiro atoms. The first-order chi connectivity index (χ1) is 6.16. The van der Waals surface area contributed by atoms with Crippen molar-refractivity contribution in [1.82, 2.24) is 5.32 Å². The molecule has 0 saturated carbocycles. The van der Waals surface area contributed by atoms with Crippen LogP contribution in [0.5, 0.6) is 0 Å². The van der Waals surface area contributed by atoms with E-state index in [4.69, 9.17) is 5.11 Å². The molecular weight excluding hydrogens is 162 g/mol. The van der Waals surface area contributed by atoms with E-state index < -0.39 is 0 Å². The summed E-state index contributed by atoms with van der Waals surface area (Å²) in [5, 5.41) is 11.6. The van der Waals surface area contributed by atoms with Crippen LogP contribution < -0.4 is 5.32 Å². The average Bonchev–Trinajstić information content (AvgIpc) is 2.03. The lowest BCUT2D eigenvalue weighted by molar-refractivity contribution is 0.240. The van der Waals surface area contributed by atoms with E-state index >= 15 is 0 Å². The van der Waals surface area contributed by atoms with Crippen LogP contribution in [0.4, 0.5) is 0 Å². The zero-order valence-corrected chi connectivity index (χ0v) is 9.34. The van der Waals surface area contributed by atoms with Gasteiger partial charge in [0.15, 0.2) is 0 Å². The highest BCUT2D eigenvalue weighted by Gasteiger charge is 1.99. The molecule has 0 heterocycles. The number of aliphatic hydroxyl groups is 1. The van der Waals surface area contributed by atoms with Crippen molar-refractivity contribution in [3.8, 4) is 0 Å². The fourth-order valence-corrected chi connectivity index (χ4v) is 1.44. The van der Waals surface area contributed by atoms with E-state index in [1.807, 2.05) is 0 Å². The van der Waals surface area contributed by atoms with Gasteiger partial charge >= 0.3 is 0 Å². The summed E-state index contributed by atoms with van der Waals surface area (Å²) in [6.07, 6.45) is 6.49. The summed E-state index contributed by atoms with van der Waals surface area (Å²) in [5.41, 5.74) is 0. The van der Waals surface area contributed by atoms with Crippen molar-refractivity contribution in [2.75, 3.05) is 6.73 Å². The van der Waals surface area contributed by atoms with Crippen LogP contribution in [-0.2, 0) is 0 Å². The predicted molar refractivity (Wildman–Crippen MR) is 57.6 cm³/mol. The lowest BCUT2D eigenvalue weighted by Gasteiger charge is -2.11. The molecule has 1 atom stereocenters. The second-order valence-corrected chi connectivity index (χ2v) is 4.30. The van der Waals surface area contributed by atoms with Crippen LogP contribution in [0.2, 0.25) is 0 Å². The summed E-state index contributed by atoms with van der Waals surface area (Å²) in [6, 6.07) is 0.462. The molecule has 0 aromatic heterocycles. The van der Waals surface area contributed by atoms with Crippen LogP contribution in [-0.4, -0.2) is 17.9 Å². The molecule has 0 bridgehead atoms. The monoisotopic (exact) mass is 187 g/mol. The molecule has 0 radical (unpaired) electrons. The highest BCUT2D eigenvalue weighted by Crippen LogP contribution is 2.10. The molecule has 0 aromatic rings. The van der Waals surface area contributed by atoms with Gasteiger partial charge in [-0.3, -0.25) is 5.32 Å². The van der Waals surface area contributed by atoms with Crippen molar-refractivity contribution in [3.05, 3.63) is 0 Å². The normalized spacial score (nSPS) is 13.6. The molecule has 0 aliphatic carbocycles. The second-order valence-electron chi connectivity index (χ2n) is 4.30. The number of aliphatic hydroxyl groups excluding tert-OH is 1. The molecule has 2 nitrogen and oxygen atoms in total. The van der Waals surface area contributed by atoms with Crippen molar-refractivity contribution in [2.45, 2.75) is 58.9 Å². The van der Waals surface area contributed by atoms with Gasteiger partial charge in [0, 0.05) is 6.04 Å². The topological polar surface area (TPSA) is 32.3 Å². The van der Waals surface area contributed by atoms with Gasteiger partial charge in [-0.2, -0.15) is 0 Å². The predicted octanol–water partition coefficient (Wildman–Crippen LogP) is 2.52. The van der Waals surface area contributed by atoms with Gasteiger partial charge in [-0.15, -0.1) is 0 Å². The minimum Gasteiger partial charge on any atom is -0.381 e. The lowest BCUT2D eigenvalue weighted by Crippen LogP contribution is -2.26. The molecule has 80 valence electrons. The maximum atomic E-state index is 8.60. The summed E-state index contributed by atoms with van der Waals surface area (Å²) in [5.74, 6) is 0.841. The van der Waals surface area contributed by atoms with Crippen molar-refractivity contribution >= 4 is 0 Å². The van der Waals surface area contributed by atoms with Gasteiger partial charge in [0.1, 0.15) is 0 Å². The second kappa shape index (κ2) is 8.52. The molecule has 0 aromatic carbocycles. The zero-order valence-electron chi connectivity index (χ0n) is 9.34.